The van der Waals surface area contributed by atoms with E-state index in [4.69, 9.17) is 15.0 Å². The molecule has 0 aliphatic rings. The summed E-state index contributed by atoms with van der Waals surface area (Å²) in [5.74, 6) is 7.85. The van der Waals surface area contributed by atoms with Crippen LogP contribution in [0.15, 0.2) is 12.7 Å². The molecule has 2 rings (SSSR count). The quantitative estimate of drug-likeness (QED) is 0.0719. The van der Waals surface area contributed by atoms with E-state index in [1.165, 1.54) is 106 Å². The van der Waals surface area contributed by atoms with Gasteiger partial charge in [-0.15, -0.1) is 0 Å². The monoisotopic (exact) mass is 661 g/mol. The van der Waals surface area contributed by atoms with Gasteiger partial charge in [0.2, 0.25) is 0 Å². The predicted molar refractivity (Wildman–Crippen MR) is 188 cm³/mol. The molecule has 250 valence electrons. The van der Waals surface area contributed by atoms with Gasteiger partial charge in [-0.1, -0.05) is 85.0 Å². The molecule has 3 N–H and O–H groups in total. The molecule has 2 atom stereocenters. The molecule has 0 amide bonds. The summed E-state index contributed by atoms with van der Waals surface area (Å²) in [6.07, 6.45) is 18.7. The van der Waals surface area contributed by atoms with Crippen LogP contribution >= 0.6 is 29.4 Å². The van der Waals surface area contributed by atoms with Crippen molar-refractivity contribution in [2.45, 2.75) is 117 Å². The van der Waals surface area contributed by atoms with Crippen molar-refractivity contribution in [2.24, 2.45) is 0 Å². The Kier molecular flexibility index (Phi) is 19.5. The van der Waals surface area contributed by atoms with Crippen molar-refractivity contribution in [1.82, 2.24) is 19.5 Å². The lowest BCUT2D eigenvalue weighted by molar-refractivity contribution is 0.0724. The maximum atomic E-state index is 12.3. The Morgan fingerprint density at radius 1 is 0.907 bits per heavy atom. The predicted octanol–water partition coefficient (Wildman–Crippen LogP) is 8.25. The second kappa shape index (κ2) is 21.8. The van der Waals surface area contributed by atoms with E-state index in [0.717, 1.165) is 5.75 Å². The minimum atomic E-state index is -3.80. The molecule has 0 fully saturated rings. The highest BCUT2D eigenvalue weighted by Gasteiger charge is 2.22. The minimum absolute atomic E-state index is 0.247. The van der Waals surface area contributed by atoms with E-state index in [9.17, 15) is 9.46 Å². The molecule has 9 nitrogen and oxygen atoms in total. The van der Waals surface area contributed by atoms with Crippen LogP contribution in [0.2, 0.25) is 0 Å². The van der Waals surface area contributed by atoms with Crippen molar-refractivity contribution < 1.29 is 18.7 Å². The molecule has 0 saturated carbocycles. The van der Waals surface area contributed by atoms with Gasteiger partial charge in [-0.25, -0.2) is 25.0 Å². The van der Waals surface area contributed by atoms with E-state index >= 15 is 0 Å². The van der Waals surface area contributed by atoms with Gasteiger partial charge in [0.25, 0.3) is 0 Å². The minimum Gasteiger partial charge on any atom is -0.382 e. The van der Waals surface area contributed by atoms with Crippen molar-refractivity contribution in [1.29, 1.82) is 0 Å². The summed E-state index contributed by atoms with van der Waals surface area (Å²) in [6.45, 7) is 9.70. The third-order valence-electron chi connectivity index (χ3n) is 8.38. The lowest BCUT2D eigenvalue weighted by atomic mass is 10.1. The van der Waals surface area contributed by atoms with E-state index in [1.807, 2.05) is 6.92 Å². The number of imidazole rings is 1. The van der Waals surface area contributed by atoms with E-state index in [0.29, 0.717) is 29.3 Å². The summed E-state index contributed by atoms with van der Waals surface area (Å²) >= 11 is 1.78. The summed E-state index contributed by atoms with van der Waals surface area (Å²) < 4.78 is 25.0. The third kappa shape index (κ3) is 15.3. The average molecular weight is 662 g/mol. The van der Waals surface area contributed by atoms with Gasteiger partial charge in [0, 0.05) is 5.75 Å². The Balaban J connectivity index is 1.37. The van der Waals surface area contributed by atoms with Crippen molar-refractivity contribution >= 4 is 46.4 Å². The normalized spacial score (nSPS) is 14.7. The number of anilines is 1. The molecule has 0 aromatic carbocycles. The van der Waals surface area contributed by atoms with Crippen LogP contribution in [0.25, 0.3) is 11.2 Å². The maximum Gasteiger partial charge on any atom is 0.353 e. The standard InChI is InChI=1S/C31H60N5O4PS2/c1-5-43(6-2,7-3)23-19-17-15-13-11-9-8-10-12-14-16-18-21-42-22-20-40-41(37,38)27-39-28(4)24-36-26-35-29-30(32)33-25-34-31(29)36/h25-26,28H,5-24,27H2,1-4H3,(H,37,38)(H2,32,33,34)/t28-/m1/s1. The van der Waals surface area contributed by atoms with E-state index in [1.54, 1.807) is 22.7 Å². The van der Waals surface area contributed by atoms with Crippen LogP contribution in [0, 0.1) is 0 Å². The van der Waals surface area contributed by atoms with Crippen molar-refractivity contribution in [2.75, 3.05) is 53.2 Å². The van der Waals surface area contributed by atoms with E-state index in [2.05, 4.69) is 35.7 Å². The highest BCUT2D eigenvalue weighted by atomic mass is 32.3. The lowest BCUT2D eigenvalue weighted by Gasteiger charge is -2.37. The molecule has 0 aliphatic carbocycles. The molecule has 0 spiro atoms. The van der Waals surface area contributed by atoms with Gasteiger partial charge < -0.3 is 24.5 Å². The Morgan fingerprint density at radius 3 is 2.09 bits per heavy atom. The Labute approximate surface area is 267 Å². The molecule has 43 heavy (non-hydrogen) atoms. The summed E-state index contributed by atoms with van der Waals surface area (Å²) in [5, 5.41) is 0. The van der Waals surface area contributed by atoms with Gasteiger partial charge in [-0.05, 0) is 48.5 Å². The molecule has 1 unspecified atom stereocenters. The maximum absolute atomic E-state index is 12.3. The third-order valence-corrected chi connectivity index (χ3v) is 15.3. The zero-order valence-electron chi connectivity index (χ0n) is 27.4. The highest BCUT2D eigenvalue weighted by molar-refractivity contribution is 8.33. The zero-order chi connectivity index (χ0) is 31.4. The Hall–Kier alpha value is -0.840. The molecule has 2 aromatic heterocycles. The fourth-order valence-electron chi connectivity index (χ4n) is 5.39. The molecule has 0 radical (unpaired) electrons. The topological polar surface area (TPSA) is 125 Å². The van der Waals surface area contributed by atoms with Crippen LogP contribution in [0.3, 0.4) is 0 Å². The van der Waals surface area contributed by atoms with Crippen LogP contribution in [-0.4, -0.2) is 78.0 Å². The molecule has 12 heteroatoms. The van der Waals surface area contributed by atoms with E-state index < -0.39 is 7.60 Å². The first-order valence-electron chi connectivity index (χ1n) is 16.6. The molecule has 2 aromatic rings. The van der Waals surface area contributed by atoms with Crippen molar-refractivity contribution in [3.63, 3.8) is 0 Å². The molecule has 0 bridgehead atoms. The molecule has 0 saturated heterocycles. The first-order chi connectivity index (χ1) is 20.8. The molecule has 2 heterocycles. The van der Waals surface area contributed by atoms with Gasteiger partial charge in [0.15, 0.2) is 11.5 Å². The summed E-state index contributed by atoms with van der Waals surface area (Å²) in [5.41, 5.74) is 6.96. The fourth-order valence-corrected chi connectivity index (χ4v) is 10.1. The summed E-state index contributed by atoms with van der Waals surface area (Å²) in [7, 11) is -4.09. The van der Waals surface area contributed by atoms with Gasteiger partial charge >= 0.3 is 7.60 Å². The molecule has 0 aliphatic heterocycles. The number of fused-ring (bicyclic) bond motifs is 1. The van der Waals surface area contributed by atoms with Crippen LogP contribution < -0.4 is 5.73 Å². The smallest absolute Gasteiger partial charge is 0.353 e. The largest absolute Gasteiger partial charge is 0.382 e. The number of unbranched alkanes of at least 4 members (excludes halogenated alkanes) is 11. The number of ether oxygens (including phenoxy) is 1. The van der Waals surface area contributed by atoms with Gasteiger partial charge in [-0.2, -0.15) is 11.8 Å². The van der Waals surface area contributed by atoms with Crippen molar-refractivity contribution in [3.8, 4) is 0 Å². The first kappa shape index (κ1) is 38.3. The number of nitrogens with two attached hydrogens (primary N) is 1. The van der Waals surface area contributed by atoms with Crippen LogP contribution in [-0.2, 0) is 20.4 Å². The zero-order valence-corrected chi connectivity index (χ0v) is 29.9. The van der Waals surface area contributed by atoms with Crippen molar-refractivity contribution in [3.05, 3.63) is 12.7 Å². The number of thioether (sulfide) groups is 1. The molecular weight excluding hydrogens is 601 g/mol. The van der Waals surface area contributed by atoms with Gasteiger partial charge in [0.05, 0.1) is 25.6 Å². The van der Waals surface area contributed by atoms with E-state index in [-0.39, 0.29) is 29.1 Å². The second-order valence-corrected chi connectivity index (χ2v) is 19.2. The first-order valence-corrected chi connectivity index (χ1v) is 21.8. The number of rotatable bonds is 27. The SMILES string of the molecule is CCS(CC)(CC)CCCCCCCCCCCCCCSCCOP(=O)(O)CO[C@H](C)Cn1cnc2c(N)ncnc21. The Morgan fingerprint density at radius 2 is 1.49 bits per heavy atom. The number of hydrogen-bond acceptors (Lipinski definition) is 8. The van der Waals surface area contributed by atoms with Crippen LogP contribution in [0.4, 0.5) is 5.82 Å². The Bertz CT molecular complexity index is 1050. The average Bonchev–Trinajstić information content (AvgIpc) is 3.41. The lowest BCUT2D eigenvalue weighted by Crippen LogP contribution is -2.17. The summed E-state index contributed by atoms with van der Waals surface area (Å²) in [6, 6.07) is 0. The van der Waals surface area contributed by atoms with Crippen LogP contribution in [0.5, 0.6) is 0 Å². The van der Waals surface area contributed by atoms with Gasteiger partial charge in [-0.3, -0.25) is 4.57 Å². The fraction of sp³-hybridized carbons (Fsp3) is 0.839. The highest BCUT2D eigenvalue weighted by Crippen LogP contribution is 2.47. The second-order valence-electron chi connectivity index (χ2n) is 11.6. The molecular formula is C31H60N5O4PS2. The summed E-state index contributed by atoms with van der Waals surface area (Å²) in [4.78, 5) is 22.5. The number of aromatic nitrogens is 4. The number of hydrogen-bond donors (Lipinski definition) is 2. The van der Waals surface area contributed by atoms with Crippen LogP contribution in [0.1, 0.15) is 105 Å². The number of nitrogen functional groups attached to an aromatic ring is 1. The number of nitrogens with zero attached hydrogens (tertiary/aromatic N) is 4. The van der Waals surface area contributed by atoms with Gasteiger partial charge in [0.1, 0.15) is 18.2 Å².